The van der Waals surface area contributed by atoms with Gasteiger partial charge >= 0.3 is 5.97 Å². The van der Waals surface area contributed by atoms with E-state index in [1.165, 1.54) is 154 Å². The van der Waals surface area contributed by atoms with Crippen LogP contribution in [0.4, 0.5) is 0 Å². The molecule has 0 heterocycles. The summed E-state index contributed by atoms with van der Waals surface area (Å²) >= 11 is 0. The molecule has 0 aliphatic heterocycles. The molecule has 0 radical (unpaired) electrons. The third-order valence-electron chi connectivity index (χ3n) is 11.5. The Hall–Kier alpha value is -1.66. The number of rotatable bonds is 45. The maximum absolute atomic E-state index is 13.1. The van der Waals surface area contributed by atoms with Gasteiger partial charge in [-0.1, -0.05) is 206 Å². The summed E-state index contributed by atoms with van der Waals surface area (Å²) in [5.41, 5.74) is 0. The lowest BCUT2D eigenvalue weighted by Gasteiger charge is -2.24. The molecule has 57 heavy (non-hydrogen) atoms. The number of carbonyl (C=O) groups excluding carboxylic acids is 2. The lowest BCUT2D eigenvalue weighted by molar-refractivity contribution is -0.151. The molecular weight excluding hydrogens is 707 g/mol. The SMILES string of the molecule is CCCCCCCC/C=C\CCCC(CC(=O)NC(CO)C(O)CCCCCCCCCCC)OC(=O)CCCCCCC/C=C/CCCCCCCCCCC. The molecular formula is C51H97NO5. The number of aliphatic hydroxyl groups excluding tert-OH is 2. The molecule has 0 fully saturated rings. The van der Waals surface area contributed by atoms with Gasteiger partial charge in [0.2, 0.25) is 5.91 Å². The standard InChI is InChI=1S/C51H97NO5/c1-4-7-10-13-16-19-21-22-23-24-25-26-27-29-32-35-38-41-44-51(56)57-47(42-39-36-33-31-28-20-17-14-11-8-5-2)45-50(55)52-48(46-53)49(54)43-40-37-34-30-18-15-12-9-6-3/h25-26,31,33,47-49,53-54H,4-24,27-30,32,34-46H2,1-3H3,(H,52,55)/b26-25+,33-31-. The van der Waals surface area contributed by atoms with Gasteiger partial charge in [0.25, 0.3) is 0 Å². The summed E-state index contributed by atoms with van der Waals surface area (Å²) in [6.07, 6.45) is 51.1. The highest BCUT2D eigenvalue weighted by Gasteiger charge is 2.24. The van der Waals surface area contributed by atoms with Crippen molar-refractivity contribution in [2.45, 2.75) is 283 Å². The van der Waals surface area contributed by atoms with Crippen LogP contribution in [0.5, 0.6) is 0 Å². The first-order valence-electron chi connectivity index (χ1n) is 25.1. The number of nitrogens with one attached hydrogen (secondary N) is 1. The molecule has 336 valence electrons. The molecule has 0 bridgehead atoms. The Balaban J connectivity index is 4.51. The first-order valence-corrected chi connectivity index (χ1v) is 25.1. The molecule has 0 aromatic carbocycles. The summed E-state index contributed by atoms with van der Waals surface area (Å²) in [4.78, 5) is 26.0. The van der Waals surface area contributed by atoms with E-state index in [1.54, 1.807) is 0 Å². The molecule has 0 aromatic heterocycles. The predicted octanol–water partition coefficient (Wildman–Crippen LogP) is 14.7. The normalized spacial score (nSPS) is 13.4. The van der Waals surface area contributed by atoms with E-state index in [0.717, 1.165) is 64.2 Å². The maximum Gasteiger partial charge on any atom is 0.306 e. The smallest absolute Gasteiger partial charge is 0.306 e. The van der Waals surface area contributed by atoms with Crippen molar-refractivity contribution >= 4 is 11.9 Å². The average Bonchev–Trinajstić information content (AvgIpc) is 3.20. The Morgan fingerprint density at radius 1 is 0.491 bits per heavy atom. The molecule has 3 N–H and O–H groups in total. The number of allylic oxidation sites excluding steroid dienone is 4. The van der Waals surface area contributed by atoms with Crippen LogP contribution in [0, 0.1) is 0 Å². The topological polar surface area (TPSA) is 95.9 Å². The molecule has 6 nitrogen and oxygen atoms in total. The van der Waals surface area contributed by atoms with Crippen molar-refractivity contribution in [3.05, 3.63) is 24.3 Å². The number of esters is 1. The number of ether oxygens (including phenoxy) is 1. The van der Waals surface area contributed by atoms with Crippen molar-refractivity contribution in [1.82, 2.24) is 5.32 Å². The van der Waals surface area contributed by atoms with Gasteiger partial charge in [-0.3, -0.25) is 9.59 Å². The van der Waals surface area contributed by atoms with Crippen molar-refractivity contribution in [3.8, 4) is 0 Å². The van der Waals surface area contributed by atoms with Crippen LogP contribution in [0.15, 0.2) is 24.3 Å². The summed E-state index contributed by atoms with van der Waals surface area (Å²) in [6, 6.07) is -0.706. The minimum Gasteiger partial charge on any atom is -0.462 e. The van der Waals surface area contributed by atoms with Gasteiger partial charge < -0.3 is 20.3 Å². The number of aliphatic hydroxyl groups is 2. The molecule has 1 amide bonds. The van der Waals surface area contributed by atoms with Crippen molar-refractivity contribution in [2.24, 2.45) is 0 Å². The van der Waals surface area contributed by atoms with Gasteiger partial charge in [0, 0.05) is 6.42 Å². The van der Waals surface area contributed by atoms with Crippen molar-refractivity contribution in [3.63, 3.8) is 0 Å². The Bertz CT molecular complexity index is 904. The molecule has 0 saturated heterocycles. The first kappa shape index (κ1) is 55.3. The summed E-state index contributed by atoms with van der Waals surface area (Å²) in [7, 11) is 0. The van der Waals surface area contributed by atoms with Gasteiger partial charge in [-0.15, -0.1) is 0 Å². The van der Waals surface area contributed by atoms with E-state index < -0.39 is 18.2 Å². The van der Waals surface area contributed by atoms with E-state index in [-0.39, 0.29) is 24.9 Å². The van der Waals surface area contributed by atoms with E-state index in [1.807, 2.05) is 0 Å². The Morgan fingerprint density at radius 2 is 0.860 bits per heavy atom. The number of hydrogen-bond donors (Lipinski definition) is 3. The van der Waals surface area contributed by atoms with Crippen molar-refractivity contribution in [1.29, 1.82) is 0 Å². The highest BCUT2D eigenvalue weighted by atomic mass is 16.5. The second-order valence-corrected chi connectivity index (χ2v) is 17.2. The van der Waals surface area contributed by atoms with Gasteiger partial charge in [-0.2, -0.15) is 0 Å². The minimum atomic E-state index is -0.790. The van der Waals surface area contributed by atoms with Gasteiger partial charge in [0.05, 0.1) is 25.2 Å². The summed E-state index contributed by atoms with van der Waals surface area (Å²) in [5.74, 6) is -0.506. The van der Waals surface area contributed by atoms with E-state index in [2.05, 4.69) is 50.4 Å². The Morgan fingerprint density at radius 3 is 1.28 bits per heavy atom. The number of amides is 1. The number of hydrogen-bond acceptors (Lipinski definition) is 5. The minimum absolute atomic E-state index is 0.0567. The van der Waals surface area contributed by atoms with E-state index in [0.29, 0.717) is 19.3 Å². The average molecular weight is 804 g/mol. The Kier molecular flexibility index (Phi) is 44.1. The number of carbonyl (C=O) groups is 2. The van der Waals surface area contributed by atoms with E-state index in [9.17, 15) is 19.8 Å². The van der Waals surface area contributed by atoms with Crippen LogP contribution in [-0.4, -0.2) is 46.9 Å². The van der Waals surface area contributed by atoms with Gasteiger partial charge in [-0.05, 0) is 70.6 Å². The third-order valence-corrected chi connectivity index (χ3v) is 11.5. The zero-order valence-corrected chi connectivity index (χ0v) is 38.2. The van der Waals surface area contributed by atoms with E-state index in [4.69, 9.17) is 4.74 Å². The summed E-state index contributed by atoms with van der Waals surface area (Å²) in [5, 5.41) is 23.6. The molecule has 0 aromatic rings. The fourth-order valence-electron chi connectivity index (χ4n) is 7.66. The first-order chi connectivity index (χ1) is 28.0. The zero-order chi connectivity index (χ0) is 41.7. The van der Waals surface area contributed by atoms with Gasteiger partial charge in [-0.25, -0.2) is 0 Å². The van der Waals surface area contributed by atoms with Crippen LogP contribution in [0.1, 0.15) is 265 Å². The van der Waals surface area contributed by atoms with E-state index >= 15 is 0 Å². The monoisotopic (exact) mass is 804 g/mol. The lowest BCUT2D eigenvalue weighted by Crippen LogP contribution is -2.46. The van der Waals surface area contributed by atoms with Crippen LogP contribution in [0.3, 0.4) is 0 Å². The Labute approximate surface area is 354 Å². The van der Waals surface area contributed by atoms with Crippen LogP contribution in [0.25, 0.3) is 0 Å². The fourth-order valence-corrected chi connectivity index (χ4v) is 7.66. The fraction of sp³-hybridized carbons (Fsp3) is 0.882. The van der Waals surface area contributed by atoms with Crippen LogP contribution in [-0.2, 0) is 14.3 Å². The molecule has 0 aliphatic carbocycles. The highest BCUT2D eigenvalue weighted by molar-refractivity contribution is 5.77. The second kappa shape index (κ2) is 45.4. The quantitative estimate of drug-likeness (QED) is 0.0324. The van der Waals surface area contributed by atoms with Crippen LogP contribution < -0.4 is 5.32 Å². The van der Waals surface area contributed by atoms with Crippen LogP contribution >= 0.6 is 0 Å². The van der Waals surface area contributed by atoms with Gasteiger partial charge in [0.1, 0.15) is 6.10 Å². The van der Waals surface area contributed by atoms with Crippen molar-refractivity contribution < 1.29 is 24.5 Å². The molecule has 0 spiro atoms. The van der Waals surface area contributed by atoms with Crippen molar-refractivity contribution in [2.75, 3.05) is 6.61 Å². The summed E-state index contributed by atoms with van der Waals surface area (Å²) in [6.45, 7) is 6.45. The third kappa shape index (κ3) is 40.9. The number of unbranched alkanes of at least 4 members (excludes halogenated alkanes) is 29. The molecule has 0 aliphatic rings. The molecule has 0 rings (SSSR count). The summed E-state index contributed by atoms with van der Waals surface area (Å²) < 4.78 is 5.90. The predicted molar refractivity (Wildman–Crippen MR) is 246 cm³/mol. The highest BCUT2D eigenvalue weighted by Crippen LogP contribution is 2.17. The second-order valence-electron chi connectivity index (χ2n) is 17.2. The molecule has 3 unspecified atom stereocenters. The maximum atomic E-state index is 13.1. The molecule has 6 heteroatoms. The molecule has 3 atom stereocenters. The van der Waals surface area contributed by atoms with Gasteiger partial charge in [0.15, 0.2) is 0 Å². The van der Waals surface area contributed by atoms with Crippen LogP contribution in [0.2, 0.25) is 0 Å². The largest absolute Gasteiger partial charge is 0.462 e. The zero-order valence-electron chi connectivity index (χ0n) is 38.2. The molecule has 0 saturated carbocycles. The lowest BCUT2D eigenvalue weighted by atomic mass is 10.0.